The summed E-state index contributed by atoms with van der Waals surface area (Å²) in [6, 6.07) is 19.0. The molecule has 0 atom stereocenters. The second-order valence-electron chi connectivity index (χ2n) is 9.35. The predicted octanol–water partition coefficient (Wildman–Crippen LogP) is 5.95. The summed E-state index contributed by atoms with van der Waals surface area (Å²) < 4.78 is 0. The van der Waals surface area contributed by atoms with Crippen molar-refractivity contribution in [3.05, 3.63) is 59.7 Å². The molecule has 0 nitrogen and oxygen atoms in total. The van der Waals surface area contributed by atoms with E-state index in [1.807, 2.05) is 0 Å². The number of hydrogen-bond acceptors (Lipinski definition) is 0. The van der Waals surface area contributed by atoms with E-state index in [1.54, 1.807) is 9.79 Å². The summed E-state index contributed by atoms with van der Waals surface area (Å²) >= 11 is 0. The highest BCUT2D eigenvalue weighted by Crippen LogP contribution is 2.29. The summed E-state index contributed by atoms with van der Waals surface area (Å²) in [4.78, 5) is 3.15. The van der Waals surface area contributed by atoms with Crippen molar-refractivity contribution in [1.82, 2.24) is 0 Å². The van der Waals surface area contributed by atoms with Gasteiger partial charge in [0.25, 0.3) is 0 Å². The van der Waals surface area contributed by atoms with Gasteiger partial charge in [0.15, 0.2) is 32.8 Å². The molecule has 26 heavy (non-hydrogen) atoms. The third kappa shape index (κ3) is 4.70. The summed E-state index contributed by atoms with van der Waals surface area (Å²) in [5.74, 6) is 5.44. The zero-order valence-electron chi connectivity index (χ0n) is 17.3. The van der Waals surface area contributed by atoms with Crippen molar-refractivity contribution in [2.75, 3.05) is 23.0 Å². The Hall–Kier alpha value is -0.860. The Kier molecular flexibility index (Phi) is 5.84. The van der Waals surface area contributed by atoms with Crippen LogP contribution in [-0.2, 0) is 32.6 Å². The van der Waals surface area contributed by atoms with E-state index in [4.69, 9.17) is 0 Å². The molecule has 1 aliphatic heterocycles. The third-order valence-corrected chi connectivity index (χ3v) is 10.4. The zero-order chi connectivity index (χ0) is 18.9. The molecule has 1 heterocycles. The van der Waals surface area contributed by atoms with Gasteiger partial charge in [-0.3, -0.25) is 0 Å². The van der Waals surface area contributed by atoms with Crippen molar-refractivity contribution in [1.29, 1.82) is 0 Å². The van der Waals surface area contributed by atoms with Crippen LogP contribution in [-0.4, -0.2) is 23.0 Å². The lowest BCUT2D eigenvalue weighted by molar-refractivity contribution is 0.589. The van der Waals surface area contributed by atoms with Crippen LogP contribution in [0.2, 0.25) is 0 Å². The predicted molar refractivity (Wildman–Crippen MR) is 121 cm³/mol. The van der Waals surface area contributed by atoms with Gasteiger partial charge in [0.2, 0.25) is 0 Å². The molecule has 1 aliphatic rings. The monoisotopic (exact) mass is 386 g/mol. The highest BCUT2D eigenvalue weighted by Gasteiger charge is 2.37. The molecule has 0 bridgehead atoms. The van der Waals surface area contributed by atoms with Crippen LogP contribution >= 0.6 is 0 Å². The first-order chi connectivity index (χ1) is 12.1. The average Bonchev–Trinajstić information content (AvgIpc) is 2.61. The van der Waals surface area contributed by atoms with Crippen molar-refractivity contribution < 1.29 is 0 Å². The smallest absolute Gasteiger partial charge is 0.0561 e. The molecule has 0 N–H and O–H groups in total. The molecule has 2 aromatic carbocycles. The van der Waals surface area contributed by atoms with E-state index >= 15 is 0 Å². The second kappa shape index (κ2) is 7.64. The molecule has 0 amide bonds. The summed E-state index contributed by atoms with van der Waals surface area (Å²) in [6.07, 6.45) is 0. The molecule has 3 rings (SSSR count). The van der Waals surface area contributed by atoms with Crippen molar-refractivity contribution in [2.45, 2.75) is 62.2 Å². The molecule has 1 saturated heterocycles. The van der Waals surface area contributed by atoms with Crippen LogP contribution in [0.4, 0.5) is 0 Å². The SMILES string of the molecule is CC(C)(C)c1ccc([S+]2CC[S+](c3ccc(C(C)(C)C)cc3)CC2)cc1. The van der Waals surface area contributed by atoms with Gasteiger partial charge in [-0.25, -0.2) is 0 Å². The van der Waals surface area contributed by atoms with E-state index < -0.39 is 0 Å². The minimum atomic E-state index is 0.250. The Balaban J connectivity index is 1.62. The topological polar surface area (TPSA) is 0 Å². The molecule has 140 valence electrons. The van der Waals surface area contributed by atoms with Gasteiger partial charge in [-0.05, 0) is 46.2 Å². The van der Waals surface area contributed by atoms with Gasteiger partial charge in [-0.15, -0.1) is 0 Å². The maximum absolute atomic E-state index is 2.39. The van der Waals surface area contributed by atoms with Crippen molar-refractivity contribution in [3.63, 3.8) is 0 Å². The molecule has 0 aliphatic carbocycles. The van der Waals surface area contributed by atoms with E-state index in [0.717, 1.165) is 0 Å². The second-order valence-corrected chi connectivity index (χ2v) is 13.9. The number of rotatable bonds is 2. The Morgan fingerprint density at radius 2 is 0.769 bits per heavy atom. The first-order valence-electron chi connectivity index (χ1n) is 9.71. The van der Waals surface area contributed by atoms with Crippen LogP contribution < -0.4 is 0 Å². The summed E-state index contributed by atoms with van der Waals surface area (Å²) in [5, 5.41) is 0. The Bertz CT molecular complexity index is 641. The minimum Gasteiger partial charge on any atom is -0.0561 e. The maximum atomic E-state index is 2.39. The fraction of sp³-hybridized carbons (Fsp3) is 0.500. The Morgan fingerprint density at radius 1 is 0.500 bits per heavy atom. The molecular weight excluding hydrogens is 352 g/mol. The molecule has 2 aromatic rings. The fourth-order valence-corrected chi connectivity index (χ4v) is 8.98. The third-order valence-electron chi connectivity index (χ3n) is 5.26. The van der Waals surface area contributed by atoms with E-state index in [1.165, 1.54) is 34.1 Å². The normalized spacial score (nSPS) is 21.6. The van der Waals surface area contributed by atoms with E-state index in [0.29, 0.717) is 21.8 Å². The standard InChI is InChI=1S/C24H34S2/c1-23(2,3)19-7-11-21(12-8-19)25-15-17-26(18-16-25)22-13-9-20(10-14-22)24(4,5)6/h7-14H,15-18H2,1-6H3/q+2. The first kappa shape index (κ1) is 19.9. The largest absolute Gasteiger partial charge is 0.158 e. The summed E-state index contributed by atoms with van der Waals surface area (Å²) in [5.41, 5.74) is 3.39. The lowest BCUT2D eigenvalue weighted by Crippen LogP contribution is -2.32. The van der Waals surface area contributed by atoms with Gasteiger partial charge >= 0.3 is 0 Å². The van der Waals surface area contributed by atoms with Crippen molar-refractivity contribution in [3.8, 4) is 0 Å². The van der Waals surface area contributed by atoms with Gasteiger partial charge in [0.1, 0.15) is 0 Å². The maximum Gasteiger partial charge on any atom is 0.158 e. The highest BCUT2D eigenvalue weighted by atomic mass is 32.2. The number of hydrogen-bond donors (Lipinski definition) is 0. The van der Waals surface area contributed by atoms with Crippen LogP contribution in [0.5, 0.6) is 0 Å². The van der Waals surface area contributed by atoms with Crippen LogP contribution in [0.15, 0.2) is 58.3 Å². The average molecular weight is 387 g/mol. The molecule has 2 heteroatoms. The van der Waals surface area contributed by atoms with Crippen molar-refractivity contribution in [2.24, 2.45) is 0 Å². The van der Waals surface area contributed by atoms with Crippen LogP contribution in [0.3, 0.4) is 0 Å². The quantitative estimate of drug-likeness (QED) is 0.559. The Morgan fingerprint density at radius 3 is 1.00 bits per heavy atom. The molecule has 1 fully saturated rings. The van der Waals surface area contributed by atoms with Gasteiger partial charge in [-0.1, -0.05) is 65.8 Å². The van der Waals surface area contributed by atoms with Crippen LogP contribution in [0, 0.1) is 0 Å². The molecular formula is C24H34S2+2. The molecule has 0 aromatic heterocycles. The van der Waals surface area contributed by atoms with Crippen LogP contribution in [0.1, 0.15) is 52.7 Å². The Labute approximate surface area is 166 Å². The summed E-state index contributed by atoms with van der Waals surface area (Å²) in [6.45, 7) is 13.8. The molecule has 0 radical (unpaired) electrons. The van der Waals surface area contributed by atoms with Gasteiger partial charge < -0.3 is 0 Å². The van der Waals surface area contributed by atoms with E-state index in [-0.39, 0.29) is 10.8 Å². The molecule has 0 saturated carbocycles. The van der Waals surface area contributed by atoms with Gasteiger partial charge in [-0.2, -0.15) is 0 Å². The van der Waals surface area contributed by atoms with Crippen molar-refractivity contribution >= 4 is 21.8 Å². The highest BCUT2D eigenvalue weighted by molar-refractivity contribution is 8.03. The van der Waals surface area contributed by atoms with Gasteiger partial charge in [0.05, 0.1) is 0 Å². The zero-order valence-corrected chi connectivity index (χ0v) is 18.9. The minimum absolute atomic E-state index is 0.250. The molecule has 0 unspecified atom stereocenters. The summed E-state index contributed by atoms with van der Waals surface area (Å²) in [7, 11) is 0.902. The number of benzene rings is 2. The van der Waals surface area contributed by atoms with E-state index in [9.17, 15) is 0 Å². The fourth-order valence-electron chi connectivity index (χ4n) is 3.37. The lowest BCUT2D eigenvalue weighted by Gasteiger charge is -2.21. The first-order valence-corrected chi connectivity index (χ1v) is 12.8. The molecule has 0 spiro atoms. The van der Waals surface area contributed by atoms with Gasteiger partial charge in [0, 0.05) is 21.8 Å². The lowest BCUT2D eigenvalue weighted by atomic mass is 9.87. The van der Waals surface area contributed by atoms with Crippen LogP contribution in [0.25, 0.3) is 0 Å². The van der Waals surface area contributed by atoms with E-state index in [2.05, 4.69) is 90.1 Å².